The van der Waals surface area contributed by atoms with Crippen LogP contribution in [0.4, 0.5) is 11.8 Å². The first-order chi connectivity index (χ1) is 13.6. The molecule has 4 heterocycles. The van der Waals surface area contributed by atoms with Crippen molar-refractivity contribution >= 4 is 17.7 Å². The Morgan fingerprint density at radius 1 is 1.11 bits per heavy atom. The number of piperidine rings is 1. The van der Waals surface area contributed by atoms with Crippen LogP contribution >= 0.6 is 0 Å². The maximum Gasteiger partial charge on any atom is 0.224 e. The Balaban J connectivity index is 1.34. The lowest BCUT2D eigenvalue weighted by atomic mass is 9.93. The molecule has 0 bridgehead atoms. The van der Waals surface area contributed by atoms with E-state index in [1.165, 1.54) is 0 Å². The second-order valence-corrected chi connectivity index (χ2v) is 7.71. The Labute approximate surface area is 165 Å². The number of anilines is 2. The van der Waals surface area contributed by atoms with Crippen LogP contribution in [-0.2, 0) is 4.79 Å². The predicted octanol–water partition coefficient (Wildman–Crippen LogP) is 0.625. The van der Waals surface area contributed by atoms with Crippen LogP contribution < -0.4 is 10.6 Å². The van der Waals surface area contributed by atoms with E-state index < -0.39 is 0 Å². The smallest absolute Gasteiger partial charge is 0.224 e. The summed E-state index contributed by atoms with van der Waals surface area (Å²) in [5, 5.41) is 4.21. The van der Waals surface area contributed by atoms with Crippen molar-refractivity contribution in [1.29, 1.82) is 0 Å². The average Bonchev–Trinajstić information content (AvgIpc) is 3.23. The highest BCUT2D eigenvalue weighted by Gasteiger charge is 2.26. The van der Waals surface area contributed by atoms with E-state index in [4.69, 9.17) is 5.73 Å². The summed E-state index contributed by atoms with van der Waals surface area (Å²) >= 11 is 0. The van der Waals surface area contributed by atoms with Crippen molar-refractivity contribution in [3.8, 4) is 5.82 Å². The number of piperazine rings is 1. The maximum atomic E-state index is 12.6. The minimum absolute atomic E-state index is 0.246. The Morgan fingerprint density at radius 3 is 2.50 bits per heavy atom. The maximum absolute atomic E-state index is 12.6. The minimum atomic E-state index is 0.246. The van der Waals surface area contributed by atoms with E-state index in [1.54, 1.807) is 10.9 Å². The predicted molar refractivity (Wildman–Crippen MR) is 107 cm³/mol. The molecule has 2 aliphatic rings. The number of likely N-dealkylation sites (N-methyl/N-ethyl adjacent to an activating group) is 1. The van der Waals surface area contributed by atoms with E-state index >= 15 is 0 Å². The van der Waals surface area contributed by atoms with Crippen LogP contribution in [0.15, 0.2) is 24.5 Å². The molecule has 0 saturated carbocycles. The highest BCUT2D eigenvalue weighted by molar-refractivity contribution is 5.76. The quantitative estimate of drug-likeness (QED) is 0.826. The Kier molecular flexibility index (Phi) is 5.43. The molecule has 0 spiro atoms. The molecule has 2 aromatic rings. The van der Waals surface area contributed by atoms with Gasteiger partial charge in [0.25, 0.3) is 0 Å². The molecule has 0 aromatic carbocycles. The van der Waals surface area contributed by atoms with Gasteiger partial charge in [0.15, 0.2) is 5.82 Å². The molecule has 2 aromatic heterocycles. The zero-order valence-electron chi connectivity index (χ0n) is 16.4. The normalized spacial score (nSPS) is 19.2. The third kappa shape index (κ3) is 4.24. The van der Waals surface area contributed by atoms with E-state index in [9.17, 15) is 4.79 Å². The molecule has 2 saturated heterocycles. The van der Waals surface area contributed by atoms with Crippen LogP contribution in [0.1, 0.15) is 19.3 Å². The van der Waals surface area contributed by atoms with Gasteiger partial charge in [0.05, 0.1) is 0 Å². The summed E-state index contributed by atoms with van der Waals surface area (Å²) < 4.78 is 1.68. The number of amides is 1. The summed E-state index contributed by atoms with van der Waals surface area (Å²) in [6, 6.07) is 3.76. The van der Waals surface area contributed by atoms with E-state index in [2.05, 4.69) is 31.9 Å². The molecule has 2 fully saturated rings. The van der Waals surface area contributed by atoms with Gasteiger partial charge in [0.1, 0.15) is 5.82 Å². The second-order valence-electron chi connectivity index (χ2n) is 7.71. The number of hydrogen-bond acceptors (Lipinski definition) is 7. The van der Waals surface area contributed by atoms with Crippen LogP contribution in [0.25, 0.3) is 5.82 Å². The lowest BCUT2D eigenvalue weighted by Gasteiger charge is -2.36. The third-order valence-electron chi connectivity index (χ3n) is 5.71. The van der Waals surface area contributed by atoms with Gasteiger partial charge in [-0.05, 0) is 31.9 Å². The summed E-state index contributed by atoms with van der Waals surface area (Å²) in [6.45, 7) is 5.39. The van der Waals surface area contributed by atoms with Crippen molar-refractivity contribution in [1.82, 2.24) is 29.5 Å². The molecule has 28 heavy (non-hydrogen) atoms. The molecule has 1 amide bonds. The fraction of sp³-hybridized carbons (Fsp3) is 0.579. The molecular formula is C19H28N8O. The monoisotopic (exact) mass is 384 g/mol. The van der Waals surface area contributed by atoms with Gasteiger partial charge in [-0.3, -0.25) is 4.79 Å². The molecule has 0 atom stereocenters. The molecule has 9 nitrogen and oxygen atoms in total. The molecule has 0 radical (unpaired) electrons. The zero-order chi connectivity index (χ0) is 19.5. The van der Waals surface area contributed by atoms with Crippen molar-refractivity contribution in [2.45, 2.75) is 19.3 Å². The summed E-state index contributed by atoms with van der Waals surface area (Å²) in [4.78, 5) is 27.8. The van der Waals surface area contributed by atoms with E-state index in [-0.39, 0.29) is 5.95 Å². The second kappa shape index (κ2) is 8.14. The number of nitrogens with zero attached hydrogens (tertiary/aromatic N) is 7. The number of carbonyl (C=O) groups is 1. The van der Waals surface area contributed by atoms with Crippen molar-refractivity contribution < 1.29 is 4.79 Å². The highest BCUT2D eigenvalue weighted by atomic mass is 16.2. The van der Waals surface area contributed by atoms with Crippen molar-refractivity contribution in [2.24, 2.45) is 5.92 Å². The molecule has 2 N–H and O–H groups in total. The fourth-order valence-corrected chi connectivity index (χ4v) is 3.92. The van der Waals surface area contributed by atoms with Crippen LogP contribution in [0.3, 0.4) is 0 Å². The van der Waals surface area contributed by atoms with Crippen molar-refractivity contribution in [3.05, 3.63) is 24.5 Å². The summed E-state index contributed by atoms with van der Waals surface area (Å²) in [6.07, 6.45) is 6.17. The standard InChI is InChI=1S/C19H28N8O/c1-24-9-11-26(12-10-24)18(28)13-15-3-7-25(8-4-15)16-14-17(23-19(20)22-16)27-6-2-5-21-27/h2,5-6,14-15H,3-4,7-13H2,1H3,(H2,20,22,23). The lowest BCUT2D eigenvalue weighted by molar-refractivity contribution is -0.133. The number of hydrogen-bond donors (Lipinski definition) is 1. The number of carbonyl (C=O) groups excluding carboxylic acids is 1. The summed E-state index contributed by atoms with van der Waals surface area (Å²) in [5.41, 5.74) is 5.91. The largest absolute Gasteiger partial charge is 0.368 e. The first-order valence-corrected chi connectivity index (χ1v) is 9.94. The average molecular weight is 384 g/mol. The minimum Gasteiger partial charge on any atom is -0.368 e. The van der Waals surface area contributed by atoms with Gasteiger partial charge in [-0.1, -0.05) is 0 Å². The third-order valence-corrected chi connectivity index (χ3v) is 5.71. The zero-order valence-corrected chi connectivity index (χ0v) is 16.4. The van der Waals surface area contributed by atoms with E-state index in [1.807, 2.05) is 23.2 Å². The number of rotatable bonds is 4. The molecule has 150 valence electrons. The van der Waals surface area contributed by atoms with Gasteiger partial charge < -0.3 is 20.4 Å². The number of nitrogens with two attached hydrogens (primary N) is 1. The molecule has 4 rings (SSSR count). The lowest BCUT2D eigenvalue weighted by Crippen LogP contribution is -2.47. The first-order valence-electron chi connectivity index (χ1n) is 9.94. The van der Waals surface area contributed by atoms with Crippen molar-refractivity contribution in [2.75, 3.05) is 56.9 Å². The van der Waals surface area contributed by atoms with E-state index in [0.29, 0.717) is 24.1 Å². The number of nitrogen functional groups attached to an aromatic ring is 1. The Hall–Kier alpha value is -2.68. The van der Waals surface area contributed by atoms with Gasteiger partial charge in [-0.2, -0.15) is 15.1 Å². The Morgan fingerprint density at radius 2 is 1.82 bits per heavy atom. The molecule has 0 aliphatic carbocycles. The highest BCUT2D eigenvalue weighted by Crippen LogP contribution is 2.26. The SMILES string of the molecule is CN1CCN(C(=O)CC2CCN(c3cc(-n4cccn4)nc(N)n3)CC2)CC1. The van der Waals surface area contributed by atoms with Gasteiger partial charge in [-0.15, -0.1) is 0 Å². The van der Waals surface area contributed by atoms with Gasteiger partial charge in [-0.25, -0.2) is 4.68 Å². The van der Waals surface area contributed by atoms with Crippen molar-refractivity contribution in [3.63, 3.8) is 0 Å². The van der Waals surface area contributed by atoms with Gasteiger partial charge in [0, 0.05) is 64.1 Å². The summed E-state index contributed by atoms with van der Waals surface area (Å²) in [7, 11) is 2.11. The topological polar surface area (TPSA) is 96.4 Å². The molecule has 2 aliphatic heterocycles. The van der Waals surface area contributed by atoms with Gasteiger partial charge >= 0.3 is 0 Å². The van der Waals surface area contributed by atoms with Crippen LogP contribution in [0.2, 0.25) is 0 Å². The van der Waals surface area contributed by atoms with Crippen LogP contribution in [0, 0.1) is 5.92 Å². The van der Waals surface area contributed by atoms with E-state index in [0.717, 1.165) is 57.9 Å². The summed E-state index contributed by atoms with van der Waals surface area (Å²) in [5.74, 6) is 2.48. The van der Waals surface area contributed by atoms with Crippen LogP contribution in [-0.4, -0.2) is 81.8 Å². The fourth-order valence-electron chi connectivity index (χ4n) is 3.92. The molecule has 0 unspecified atom stereocenters. The first kappa shape index (κ1) is 18.7. The Bertz CT molecular complexity index is 792. The van der Waals surface area contributed by atoms with Gasteiger partial charge in [0.2, 0.25) is 11.9 Å². The molecular weight excluding hydrogens is 356 g/mol. The van der Waals surface area contributed by atoms with Crippen LogP contribution in [0.5, 0.6) is 0 Å². The molecule has 9 heteroatoms. The number of aromatic nitrogens is 4.